The van der Waals surface area contributed by atoms with E-state index in [1.165, 1.54) is 12.1 Å². The van der Waals surface area contributed by atoms with Gasteiger partial charge in [-0.25, -0.2) is 9.97 Å². The minimum absolute atomic E-state index is 0.344. The summed E-state index contributed by atoms with van der Waals surface area (Å²) in [4.78, 5) is 11.2. The standard InChI is InChI=1S/C26H27F6N5/c1-3-37(4-2)16-23-35-22-15-17(14-19(6-5-13-33)26(30,31)32)7-12-21(22)24(36-23)34-20-10-8-18(9-11-20)25(27,28)29/h5-13,15H,3-4,14,16,33H2,1-2H3,(H,34,35,36)/b13-5-,19-6+. The maximum absolute atomic E-state index is 13.5. The first-order valence-electron chi connectivity index (χ1n) is 11.5. The van der Waals surface area contributed by atoms with E-state index in [0.717, 1.165) is 43.6 Å². The van der Waals surface area contributed by atoms with Crippen LogP contribution in [0.4, 0.5) is 37.8 Å². The molecule has 3 N–H and O–H groups in total. The van der Waals surface area contributed by atoms with Crippen LogP contribution in [0, 0.1) is 0 Å². The summed E-state index contributed by atoms with van der Waals surface area (Å²) in [6, 6.07) is 9.21. The van der Waals surface area contributed by atoms with Crippen molar-refractivity contribution in [2.24, 2.45) is 5.73 Å². The summed E-state index contributed by atoms with van der Waals surface area (Å²) < 4.78 is 79.3. The molecule has 0 radical (unpaired) electrons. The molecule has 1 aromatic heterocycles. The molecule has 0 saturated heterocycles. The van der Waals surface area contributed by atoms with Gasteiger partial charge in [-0.15, -0.1) is 0 Å². The van der Waals surface area contributed by atoms with Crippen LogP contribution in [0.15, 0.2) is 66.4 Å². The van der Waals surface area contributed by atoms with Crippen molar-refractivity contribution in [1.29, 1.82) is 0 Å². The van der Waals surface area contributed by atoms with E-state index in [-0.39, 0.29) is 6.42 Å². The van der Waals surface area contributed by atoms with E-state index in [4.69, 9.17) is 5.73 Å². The van der Waals surface area contributed by atoms with Crippen molar-refractivity contribution in [3.63, 3.8) is 0 Å². The average Bonchev–Trinajstić information content (AvgIpc) is 2.84. The lowest BCUT2D eigenvalue weighted by atomic mass is 10.0. The van der Waals surface area contributed by atoms with Crippen LogP contribution < -0.4 is 11.1 Å². The van der Waals surface area contributed by atoms with Gasteiger partial charge in [0.1, 0.15) is 11.6 Å². The van der Waals surface area contributed by atoms with Crippen LogP contribution in [0.2, 0.25) is 0 Å². The lowest BCUT2D eigenvalue weighted by Gasteiger charge is -2.18. The van der Waals surface area contributed by atoms with Crippen LogP contribution in [0.5, 0.6) is 0 Å². The van der Waals surface area contributed by atoms with E-state index >= 15 is 0 Å². The average molecular weight is 524 g/mol. The van der Waals surface area contributed by atoms with Crippen molar-refractivity contribution in [3.05, 3.63) is 83.3 Å². The maximum Gasteiger partial charge on any atom is 0.416 e. The third kappa shape index (κ3) is 7.45. The van der Waals surface area contributed by atoms with Gasteiger partial charge in [0.25, 0.3) is 0 Å². The van der Waals surface area contributed by atoms with E-state index in [1.807, 2.05) is 13.8 Å². The number of benzene rings is 2. The van der Waals surface area contributed by atoms with Gasteiger partial charge in [0.15, 0.2) is 0 Å². The molecule has 0 amide bonds. The number of alkyl halides is 6. The summed E-state index contributed by atoms with van der Waals surface area (Å²) in [5.41, 5.74) is 4.83. The van der Waals surface area contributed by atoms with Crippen molar-refractivity contribution in [2.45, 2.75) is 39.2 Å². The third-order valence-corrected chi connectivity index (χ3v) is 5.71. The van der Waals surface area contributed by atoms with Crippen molar-refractivity contribution in [1.82, 2.24) is 14.9 Å². The highest BCUT2D eigenvalue weighted by Gasteiger charge is 2.33. The Morgan fingerprint density at radius 1 is 0.973 bits per heavy atom. The molecular formula is C26H27F6N5. The number of anilines is 2. The Morgan fingerprint density at radius 2 is 1.65 bits per heavy atom. The molecule has 198 valence electrons. The fraction of sp³-hybridized carbons (Fsp3) is 0.308. The largest absolute Gasteiger partial charge is 0.416 e. The Kier molecular flexibility index (Phi) is 8.80. The quantitative estimate of drug-likeness (QED) is 0.240. The van der Waals surface area contributed by atoms with Crippen LogP contribution in [-0.4, -0.2) is 34.1 Å². The van der Waals surface area contributed by atoms with E-state index in [9.17, 15) is 26.3 Å². The molecule has 0 aliphatic heterocycles. The van der Waals surface area contributed by atoms with Gasteiger partial charge < -0.3 is 11.1 Å². The van der Waals surface area contributed by atoms with Crippen molar-refractivity contribution >= 4 is 22.4 Å². The molecular weight excluding hydrogens is 496 g/mol. The second kappa shape index (κ2) is 11.6. The molecule has 0 spiro atoms. The fourth-order valence-corrected chi connectivity index (χ4v) is 3.67. The SMILES string of the molecule is CCN(CC)Cc1nc(Nc2ccc(C(F)(F)F)cc2)c2ccc(C/C(=C\C=C/N)C(F)(F)F)cc2n1. The molecule has 0 aliphatic rings. The Morgan fingerprint density at radius 3 is 2.22 bits per heavy atom. The molecule has 3 aromatic rings. The van der Waals surface area contributed by atoms with E-state index in [0.29, 0.717) is 40.3 Å². The number of nitrogens with zero attached hydrogens (tertiary/aromatic N) is 3. The van der Waals surface area contributed by atoms with Gasteiger partial charge in [-0.1, -0.05) is 26.0 Å². The third-order valence-electron chi connectivity index (χ3n) is 5.71. The van der Waals surface area contributed by atoms with Crippen molar-refractivity contribution < 1.29 is 26.3 Å². The number of hydrogen-bond acceptors (Lipinski definition) is 5. The number of fused-ring (bicyclic) bond motifs is 1. The molecule has 0 fully saturated rings. The van der Waals surface area contributed by atoms with Gasteiger partial charge in [0.2, 0.25) is 0 Å². The summed E-state index contributed by atoms with van der Waals surface area (Å²) in [7, 11) is 0. The predicted octanol–water partition coefficient (Wildman–Crippen LogP) is 6.74. The fourth-order valence-electron chi connectivity index (χ4n) is 3.67. The highest BCUT2D eigenvalue weighted by atomic mass is 19.4. The zero-order valence-corrected chi connectivity index (χ0v) is 20.3. The Labute approximate surface area is 210 Å². The molecule has 3 rings (SSSR count). The number of halogens is 6. The van der Waals surface area contributed by atoms with Gasteiger partial charge in [0.05, 0.1) is 17.6 Å². The van der Waals surface area contributed by atoms with Crippen LogP contribution in [0.1, 0.15) is 30.8 Å². The molecule has 5 nitrogen and oxygen atoms in total. The molecule has 0 atom stereocenters. The molecule has 37 heavy (non-hydrogen) atoms. The summed E-state index contributed by atoms with van der Waals surface area (Å²) in [6.45, 7) is 5.81. The van der Waals surface area contributed by atoms with E-state index in [2.05, 4.69) is 20.2 Å². The zero-order valence-electron chi connectivity index (χ0n) is 20.3. The molecule has 0 bridgehead atoms. The number of nitrogens with two attached hydrogens (primary N) is 1. The first-order chi connectivity index (χ1) is 17.4. The predicted molar refractivity (Wildman–Crippen MR) is 132 cm³/mol. The molecule has 1 heterocycles. The monoisotopic (exact) mass is 523 g/mol. The summed E-state index contributed by atoms with van der Waals surface area (Å²) in [5.74, 6) is 0.775. The summed E-state index contributed by atoms with van der Waals surface area (Å²) in [5, 5.41) is 3.56. The normalized spacial score (nSPS) is 13.2. The van der Waals surface area contributed by atoms with Crippen LogP contribution in [-0.2, 0) is 19.1 Å². The first kappa shape index (κ1) is 28.0. The van der Waals surface area contributed by atoms with Crippen LogP contribution >= 0.6 is 0 Å². The van der Waals surface area contributed by atoms with Crippen molar-refractivity contribution in [3.8, 4) is 0 Å². The second-order valence-electron chi connectivity index (χ2n) is 8.25. The number of aromatic nitrogens is 2. The minimum atomic E-state index is -4.54. The summed E-state index contributed by atoms with van der Waals surface area (Å²) >= 11 is 0. The Hall–Kier alpha value is -3.60. The minimum Gasteiger partial charge on any atom is -0.405 e. The van der Waals surface area contributed by atoms with Gasteiger partial charge >= 0.3 is 12.4 Å². The highest BCUT2D eigenvalue weighted by molar-refractivity contribution is 5.91. The topological polar surface area (TPSA) is 67.1 Å². The smallest absolute Gasteiger partial charge is 0.405 e. The Bertz CT molecular complexity index is 1260. The van der Waals surface area contributed by atoms with E-state index in [1.54, 1.807) is 18.2 Å². The number of nitrogens with one attached hydrogen (secondary N) is 1. The number of allylic oxidation sites excluding steroid dienone is 3. The van der Waals surface area contributed by atoms with Gasteiger partial charge in [-0.3, -0.25) is 4.90 Å². The summed E-state index contributed by atoms with van der Waals surface area (Å²) in [6.07, 6.45) is -6.31. The molecule has 0 unspecified atom stereocenters. The lowest BCUT2D eigenvalue weighted by molar-refractivity contribution is -0.137. The number of hydrogen-bond donors (Lipinski definition) is 2. The molecule has 0 saturated carbocycles. The molecule has 0 aliphatic carbocycles. The first-order valence-corrected chi connectivity index (χ1v) is 11.5. The van der Waals surface area contributed by atoms with Crippen LogP contribution in [0.25, 0.3) is 10.9 Å². The maximum atomic E-state index is 13.5. The zero-order chi connectivity index (χ0) is 27.2. The van der Waals surface area contributed by atoms with E-state index < -0.39 is 23.5 Å². The Balaban J connectivity index is 2.04. The van der Waals surface area contributed by atoms with Crippen molar-refractivity contribution in [2.75, 3.05) is 18.4 Å². The van der Waals surface area contributed by atoms with Gasteiger partial charge in [-0.2, -0.15) is 26.3 Å². The number of rotatable bonds is 9. The van der Waals surface area contributed by atoms with Gasteiger partial charge in [0, 0.05) is 23.1 Å². The molecule has 11 heteroatoms. The second-order valence-corrected chi connectivity index (χ2v) is 8.25. The van der Waals surface area contributed by atoms with Gasteiger partial charge in [-0.05, 0) is 67.3 Å². The highest BCUT2D eigenvalue weighted by Crippen LogP contribution is 2.33. The van der Waals surface area contributed by atoms with Crippen LogP contribution in [0.3, 0.4) is 0 Å². The lowest BCUT2D eigenvalue weighted by Crippen LogP contribution is -2.23. The molecule has 2 aromatic carbocycles.